The van der Waals surface area contributed by atoms with E-state index in [1.165, 1.54) is 25.7 Å². The van der Waals surface area contributed by atoms with Crippen molar-refractivity contribution in [3.05, 3.63) is 24.3 Å². The Labute approximate surface area is 125 Å². The van der Waals surface area contributed by atoms with Crippen LogP contribution in [0.5, 0.6) is 0 Å². The smallest absolute Gasteiger partial charge is 0.223 e. The maximum Gasteiger partial charge on any atom is 0.223 e. The van der Waals surface area contributed by atoms with Gasteiger partial charge in [-0.2, -0.15) is 0 Å². The van der Waals surface area contributed by atoms with E-state index >= 15 is 0 Å². The van der Waals surface area contributed by atoms with E-state index in [0.29, 0.717) is 11.2 Å². The molecule has 0 saturated heterocycles. The van der Waals surface area contributed by atoms with Crippen LogP contribution in [0, 0.1) is 0 Å². The van der Waals surface area contributed by atoms with Gasteiger partial charge < -0.3 is 15.5 Å². The zero-order valence-electron chi connectivity index (χ0n) is 12.0. The summed E-state index contributed by atoms with van der Waals surface area (Å²) in [6.45, 7) is 1.55. The number of nitrogens with one attached hydrogen (secondary N) is 2. The van der Waals surface area contributed by atoms with E-state index in [1.54, 1.807) is 18.9 Å². The van der Waals surface area contributed by atoms with Crippen LogP contribution in [0.25, 0.3) is 0 Å². The van der Waals surface area contributed by atoms with Gasteiger partial charge in [0.25, 0.3) is 0 Å². The predicted molar refractivity (Wildman–Crippen MR) is 87.1 cm³/mol. The number of hydrogen-bond acceptors (Lipinski definition) is 2. The number of carbonyl (C=O) groups is 1. The van der Waals surface area contributed by atoms with Crippen LogP contribution in [-0.2, 0) is 4.79 Å². The molecule has 1 saturated carbocycles. The molecule has 0 aliphatic heterocycles. The fourth-order valence-electron chi connectivity index (χ4n) is 2.37. The van der Waals surface area contributed by atoms with Crippen LogP contribution in [0.3, 0.4) is 0 Å². The summed E-state index contributed by atoms with van der Waals surface area (Å²) in [5, 5.41) is 7.19. The number of carbonyl (C=O) groups excluding carboxylic acids is 1. The number of amides is 1. The summed E-state index contributed by atoms with van der Waals surface area (Å²) in [4.78, 5) is 12.9. The first-order valence-electron chi connectivity index (χ1n) is 6.98. The maximum atomic E-state index is 11.3. The van der Waals surface area contributed by atoms with E-state index in [-0.39, 0.29) is 5.91 Å². The van der Waals surface area contributed by atoms with Crippen LogP contribution in [0.4, 0.5) is 11.4 Å². The lowest BCUT2D eigenvalue weighted by Crippen LogP contribution is -2.35. The van der Waals surface area contributed by atoms with Gasteiger partial charge in [-0.1, -0.05) is 12.8 Å². The lowest BCUT2D eigenvalue weighted by atomic mass is 10.2. The molecule has 0 atom stereocenters. The molecule has 0 spiro atoms. The summed E-state index contributed by atoms with van der Waals surface area (Å²) in [6, 6.07) is 8.18. The first kappa shape index (κ1) is 14.8. The van der Waals surface area contributed by atoms with E-state index in [4.69, 9.17) is 12.2 Å². The van der Waals surface area contributed by atoms with Gasteiger partial charge in [-0.25, -0.2) is 0 Å². The molecule has 1 aromatic carbocycles. The van der Waals surface area contributed by atoms with Gasteiger partial charge in [0.15, 0.2) is 5.11 Å². The van der Waals surface area contributed by atoms with Gasteiger partial charge in [-0.15, -0.1) is 0 Å². The van der Waals surface area contributed by atoms with Crippen LogP contribution >= 0.6 is 12.2 Å². The summed E-state index contributed by atoms with van der Waals surface area (Å²) >= 11 is 5.31. The molecule has 4 nitrogen and oxygen atoms in total. The molecular formula is C15H21N3OS. The summed E-state index contributed by atoms with van der Waals surface area (Å²) in [5.74, 6) is 0.0177. The quantitative estimate of drug-likeness (QED) is 0.841. The van der Waals surface area contributed by atoms with Gasteiger partial charge in [0.05, 0.1) is 0 Å². The summed E-state index contributed by atoms with van der Waals surface area (Å²) in [5.41, 5.74) is 1.80. The topological polar surface area (TPSA) is 44.4 Å². The Morgan fingerprint density at radius 2 is 1.85 bits per heavy atom. The minimum atomic E-state index is 0.0177. The van der Waals surface area contributed by atoms with Crippen molar-refractivity contribution in [2.24, 2.45) is 0 Å². The van der Waals surface area contributed by atoms with Crippen LogP contribution in [-0.4, -0.2) is 24.1 Å². The maximum absolute atomic E-state index is 11.3. The standard InChI is InChI=1S/C15H21N3OS/c1-11(19)18(2)14-9-7-13(8-10-14)17-15(20)16-12-5-3-4-6-12/h7-10,12H,3-6H2,1-2H3,(H2,16,17,20). The van der Waals surface area contributed by atoms with Crippen molar-refractivity contribution in [3.8, 4) is 0 Å². The molecule has 2 rings (SSSR count). The average molecular weight is 291 g/mol. The van der Waals surface area contributed by atoms with Crippen molar-refractivity contribution in [3.63, 3.8) is 0 Å². The molecule has 1 aliphatic rings. The third kappa shape index (κ3) is 3.93. The monoisotopic (exact) mass is 291 g/mol. The second-order valence-corrected chi connectivity index (χ2v) is 5.61. The van der Waals surface area contributed by atoms with Crippen molar-refractivity contribution in [2.75, 3.05) is 17.3 Å². The zero-order chi connectivity index (χ0) is 14.5. The number of thiocarbonyl (C=S) groups is 1. The highest BCUT2D eigenvalue weighted by atomic mass is 32.1. The average Bonchev–Trinajstić information content (AvgIpc) is 2.91. The fourth-order valence-corrected chi connectivity index (χ4v) is 2.66. The van der Waals surface area contributed by atoms with E-state index < -0.39 is 0 Å². The predicted octanol–water partition coefficient (Wildman–Crippen LogP) is 2.90. The van der Waals surface area contributed by atoms with Crippen molar-refractivity contribution in [1.82, 2.24) is 5.32 Å². The van der Waals surface area contributed by atoms with Gasteiger partial charge in [0.1, 0.15) is 0 Å². The zero-order valence-corrected chi connectivity index (χ0v) is 12.8. The van der Waals surface area contributed by atoms with Crippen molar-refractivity contribution < 1.29 is 4.79 Å². The lowest BCUT2D eigenvalue weighted by Gasteiger charge is -2.17. The number of nitrogens with zero attached hydrogens (tertiary/aromatic N) is 1. The Morgan fingerprint density at radius 3 is 2.40 bits per heavy atom. The molecule has 5 heteroatoms. The Balaban J connectivity index is 1.89. The number of anilines is 2. The first-order chi connectivity index (χ1) is 9.56. The highest BCUT2D eigenvalue weighted by molar-refractivity contribution is 7.80. The summed E-state index contributed by atoms with van der Waals surface area (Å²) < 4.78 is 0. The molecule has 1 aliphatic carbocycles. The minimum Gasteiger partial charge on any atom is -0.360 e. The van der Waals surface area contributed by atoms with E-state index in [2.05, 4.69) is 10.6 Å². The highest BCUT2D eigenvalue weighted by Gasteiger charge is 2.15. The Bertz CT molecular complexity index is 480. The van der Waals surface area contributed by atoms with E-state index in [0.717, 1.165) is 11.4 Å². The third-order valence-corrected chi connectivity index (χ3v) is 3.90. The third-order valence-electron chi connectivity index (χ3n) is 3.68. The Hall–Kier alpha value is -1.62. The van der Waals surface area contributed by atoms with Gasteiger partial charge in [-0.05, 0) is 49.3 Å². The van der Waals surface area contributed by atoms with Crippen LogP contribution in [0.2, 0.25) is 0 Å². The second kappa shape index (κ2) is 6.70. The van der Waals surface area contributed by atoms with Crippen LogP contribution in [0.15, 0.2) is 24.3 Å². The number of hydrogen-bond donors (Lipinski definition) is 2. The molecule has 0 unspecified atom stereocenters. The van der Waals surface area contributed by atoms with Gasteiger partial charge >= 0.3 is 0 Å². The van der Waals surface area contributed by atoms with Crippen molar-refractivity contribution >= 4 is 34.6 Å². The molecule has 0 heterocycles. The molecule has 0 radical (unpaired) electrons. The Kier molecular flexibility index (Phi) is 4.95. The molecule has 108 valence electrons. The van der Waals surface area contributed by atoms with Crippen LogP contribution < -0.4 is 15.5 Å². The molecule has 2 N–H and O–H groups in total. The lowest BCUT2D eigenvalue weighted by molar-refractivity contribution is -0.116. The molecule has 1 amide bonds. The van der Waals surface area contributed by atoms with Gasteiger partial charge in [0.2, 0.25) is 5.91 Å². The van der Waals surface area contributed by atoms with Gasteiger partial charge in [-0.3, -0.25) is 4.79 Å². The minimum absolute atomic E-state index is 0.0177. The normalized spacial score (nSPS) is 14.9. The van der Waals surface area contributed by atoms with Crippen LogP contribution in [0.1, 0.15) is 32.6 Å². The molecule has 1 fully saturated rings. The molecule has 0 aromatic heterocycles. The van der Waals surface area contributed by atoms with Gasteiger partial charge in [0, 0.05) is 31.4 Å². The molecule has 20 heavy (non-hydrogen) atoms. The summed E-state index contributed by atoms with van der Waals surface area (Å²) in [7, 11) is 1.76. The SMILES string of the molecule is CC(=O)N(C)c1ccc(NC(=S)NC2CCCC2)cc1. The molecular weight excluding hydrogens is 270 g/mol. The van der Waals surface area contributed by atoms with E-state index in [1.807, 2.05) is 24.3 Å². The summed E-state index contributed by atoms with van der Waals surface area (Å²) in [6.07, 6.45) is 4.97. The van der Waals surface area contributed by atoms with Crippen molar-refractivity contribution in [2.45, 2.75) is 38.6 Å². The number of rotatable bonds is 3. The van der Waals surface area contributed by atoms with E-state index in [9.17, 15) is 4.79 Å². The Morgan fingerprint density at radius 1 is 1.25 bits per heavy atom. The molecule has 1 aromatic rings. The van der Waals surface area contributed by atoms with Crippen molar-refractivity contribution in [1.29, 1.82) is 0 Å². The highest BCUT2D eigenvalue weighted by Crippen LogP contribution is 2.19. The fraction of sp³-hybridized carbons (Fsp3) is 0.467. The first-order valence-corrected chi connectivity index (χ1v) is 7.39. The number of benzene rings is 1. The molecule has 0 bridgehead atoms. The second-order valence-electron chi connectivity index (χ2n) is 5.20. The largest absolute Gasteiger partial charge is 0.360 e.